The van der Waals surface area contributed by atoms with Crippen LogP contribution in [-0.4, -0.2) is 208 Å². The monoisotopic (exact) mass is 1170 g/mol. The second-order valence-electron chi connectivity index (χ2n) is 23.4. The van der Waals surface area contributed by atoms with Gasteiger partial charge >= 0.3 is 12.9 Å². The third-order valence-corrected chi connectivity index (χ3v) is 15.9. The highest BCUT2D eigenvalue weighted by molar-refractivity contribution is 7.86. The minimum Gasteiger partial charge on any atom is -0.748 e. The number of imide groups is 1. The Labute approximate surface area is 468 Å². The van der Waals surface area contributed by atoms with E-state index in [1.165, 1.54) is 0 Å². The van der Waals surface area contributed by atoms with Crippen molar-refractivity contribution in [1.82, 2.24) is 20.2 Å². The van der Waals surface area contributed by atoms with E-state index in [0.29, 0.717) is 82.6 Å². The van der Waals surface area contributed by atoms with Crippen molar-refractivity contribution in [2.75, 3.05) is 87.0 Å². The van der Waals surface area contributed by atoms with Crippen molar-refractivity contribution in [3.63, 3.8) is 0 Å². The Kier molecular flexibility index (Phi) is 22.8. The molecule has 3 aliphatic heterocycles. The number of fused-ring (bicyclic) bond motifs is 2. The summed E-state index contributed by atoms with van der Waals surface area (Å²) in [6, 6.07) is 6.36. The van der Waals surface area contributed by atoms with Crippen LogP contribution in [0, 0.1) is 0 Å². The number of aromatic nitrogens is 1. The van der Waals surface area contributed by atoms with E-state index in [9.17, 15) is 59.5 Å². The van der Waals surface area contributed by atoms with Crippen molar-refractivity contribution >= 4 is 74.1 Å². The molecule has 1 aromatic heterocycles. The number of halogens is 2. The third kappa shape index (κ3) is 20.1. The summed E-state index contributed by atoms with van der Waals surface area (Å²) >= 11 is 0. The molecular formula is C53H80BF2N8O14S2+. The number of nitrogens with zero attached hydrogens (tertiary/aromatic N) is 5. The standard InChI is InChI=1S/C53H79BF2N8O14S2/c1-59(29-13-9-12-22-53(71)78-62-51(69)27-28-52(62)70)30-14-21-47(65)42(36-79(72,73)74)57-50(68)26-24-48(66)43(37-80(75,76)77)58-49(67)25-23-41-33-39(19-15-31-63(2,3)4)45-35-46-40(20-16-32-64(5,6)7)34-44(38-17-10-8-11-18-38)61(46)54(55,56)60(41)45/h8,10-11,17-18,33-34,42-43,45H,9,12-16,19-32,35-37H2,1-7H3,(H2-2,57,58,67,68,72,73,74,75,76,77)/p+1. The number of ketones is 2. The van der Waals surface area contributed by atoms with Gasteiger partial charge in [0.05, 0.1) is 107 Å². The normalized spacial score (nSPS) is 17.6. The molecule has 3 N–H and O–H groups in total. The van der Waals surface area contributed by atoms with E-state index in [-0.39, 0.29) is 50.7 Å². The number of nitrogens with one attached hydrogen (secondary N) is 3. The summed E-state index contributed by atoms with van der Waals surface area (Å²) in [6.07, 6.45) is 3.94. The second-order valence-corrected chi connectivity index (χ2v) is 26.3. The molecule has 0 saturated carbocycles. The minimum atomic E-state index is -5.19. The molecule has 5 rings (SSSR count). The van der Waals surface area contributed by atoms with Crippen molar-refractivity contribution in [1.29, 1.82) is 0 Å². The summed E-state index contributed by atoms with van der Waals surface area (Å²) in [4.78, 5) is 94.5. The van der Waals surface area contributed by atoms with Gasteiger partial charge in [0, 0.05) is 88.8 Å². The Bertz CT molecular complexity index is 2890. The first-order valence-electron chi connectivity index (χ1n) is 27.4. The molecule has 1 fully saturated rings. The molecular weight excluding hydrogens is 1090 g/mol. The number of quaternary nitrogens is 3. The van der Waals surface area contributed by atoms with Gasteiger partial charge in [0.1, 0.15) is 23.8 Å². The van der Waals surface area contributed by atoms with Gasteiger partial charge in [0.25, 0.3) is 11.8 Å². The Morgan fingerprint density at radius 2 is 1.29 bits per heavy atom. The van der Waals surface area contributed by atoms with E-state index < -0.39 is 117 Å². The van der Waals surface area contributed by atoms with Gasteiger partial charge in [0.15, 0.2) is 11.6 Å². The molecule has 0 radical (unpaired) electrons. The molecule has 2 aromatic rings. The lowest BCUT2D eigenvalue weighted by Gasteiger charge is -2.37. The summed E-state index contributed by atoms with van der Waals surface area (Å²) in [5, 5.41) is 4.91. The number of amides is 4. The zero-order valence-corrected chi connectivity index (χ0v) is 48.8. The number of hydroxylamine groups is 2. The molecule has 4 unspecified atom stereocenters. The number of hydrogen-bond acceptors (Lipinski definition) is 14. The fraction of sp³-hybridized carbons (Fsp3) is 0.623. The minimum absolute atomic E-state index is 0.00935. The molecule has 0 aliphatic carbocycles. The van der Waals surface area contributed by atoms with Gasteiger partial charge in [-0.2, -0.15) is 0 Å². The highest BCUT2D eigenvalue weighted by atomic mass is 32.2. The van der Waals surface area contributed by atoms with Gasteiger partial charge in [-0.15, -0.1) is 5.06 Å². The van der Waals surface area contributed by atoms with Crippen LogP contribution in [0.25, 0.3) is 11.3 Å². The highest BCUT2D eigenvalue weighted by Crippen LogP contribution is 2.41. The number of Topliss-reactive ketones (excluding diaryl/α,β-unsaturated/α-hetero) is 2. The summed E-state index contributed by atoms with van der Waals surface area (Å²) < 4.78 is 110. The predicted octanol–water partition coefficient (Wildman–Crippen LogP) is 1.04. The summed E-state index contributed by atoms with van der Waals surface area (Å²) in [5.74, 6) is -8.38. The summed E-state index contributed by atoms with van der Waals surface area (Å²) in [6.45, 7) is -1.89. The van der Waals surface area contributed by atoms with Crippen molar-refractivity contribution in [3.8, 4) is 11.3 Å². The van der Waals surface area contributed by atoms with E-state index in [1.807, 2.05) is 40.3 Å². The fourth-order valence-electron chi connectivity index (χ4n) is 10.5. The first-order chi connectivity index (χ1) is 37.2. The third-order valence-electron chi connectivity index (χ3n) is 14.5. The van der Waals surface area contributed by atoms with Crippen LogP contribution < -0.4 is 15.5 Å². The van der Waals surface area contributed by atoms with Crippen LogP contribution in [0.1, 0.15) is 108 Å². The number of benzene rings is 1. The summed E-state index contributed by atoms with van der Waals surface area (Å²) in [5.41, 5.74) is 3.35. The maximum absolute atomic E-state index is 17.7. The van der Waals surface area contributed by atoms with Crippen molar-refractivity contribution in [2.45, 2.75) is 127 Å². The second kappa shape index (κ2) is 27.9. The van der Waals surface area contributed by atoms with E-state index >= 15 is 8.63 Å². The number of rotatable bonds is 34. The average Bonchev–Trinajstić information content (AvgIpc) is 4.01. The highest BCUT2D eigenvalue weighted by Gasteiger charge is 2.57. The zero-order valence-electron chi connectivity index (χ0n) is 47.1. The van der Waals surface area contributed by atoms with Crippen LogP contribution in [0.4, 0.5) is 8.63 Å². The number of hydrogen-bond donors (Lipinski definition) is 3. The Morgan fingerprint density at radius 3 is 1.86 bits per heavy atom. The predicted molar refractivity (Wildman–Crippen MR) is 290 cm³/mol. The molecule has 0 bridgehead atoms. The largest absolute Gasteiger partial charge is 0.748 e. The Balaban J connectivity index is 1.21. The van der Waals surface area contributed by atoms with Crippen LogP contribution in [0.5, 0.6) is 0 Å². The van der Waals surface area contributed by atoms with Crippen molar-refractivity contribution < 1.29 is 91.3 Å². The SMILES string of the molecule is C[NH+](CCCCCC(=O)ON1C(=O)CCC1=O)CCCC(=O)C(CS(=O)(=O)[O-])NC(=O)CCC(=O)C(CS(=O)(=O)[O-])NC(=O)CCC1=[N+]2C(Cc3c(CCC[N+](C)(C)C)cc(-c4ccccc4)n3[B-]2(F)F)C(CCC[N+](C)(C)C)=C1. The smallest absolute Gasteiger partial charge is 0.732 e. The maximum atomic E-state index is 17.7. The molecule has 4 atom stereocenters. The lowest BCUT2D eigenvalue weighted by Crippen LogP contribution is -3.09. The van der Waals surface area contributed by atoms with E-state index in [4.69, 9.17) is 4.84 Å². The van der Waals surface area contributed by atoms with Crippen LogP contribution in [0.2, 0.25) is 0 Å². The van der Waals surface area contributed by atoms with Gasteiger partial charge in [-0.3, -0.25) is 28.8 Å². The van der Waals surface area contributed by atoms with E-state index in [1.54, 1.807) is 30.3 Å². The zero-order chi connectivity index (χ0) is 59.4. The van der Waals surface area contributed by atoms with Crippen LogP contribution in [0.15, 0.2) is 48.0 Å². The van der Waals surface area contributed by atoms with Crippen LogP contribution in [-0.2, 0) is 71.5 Å². The number of carbonyl (C=O) groups is 7. The number of carbonyl (C=O) groups excluding carboxylic acids is 7. The van der Waals surface area contributed by atoms with Crippen LogP contribution >= 0.6 is 0 Å². The first-order valence-corrected chi connectivity index (χ1v) is 30.5. The summed E-state index contributed by atoms with van der Waals surface area (Å²) in [7, 11) is 3.93. The van der Waals surface area contributed by atoms with E-state index in [2.05, 4.69) is 31.8 Å². The van der Waals surface area contributed by atoms with Crippen molar-refractivity contribution in [2.24, 2.45) is 0 Å². The molecule has 4 heterocycles. The fourth-order valence-corrected chi connectivity index (χ4v) is 11.8. The molecule has 80 heavy (non-hydrogen) atoms. The average molecular weight is 1170 g/mol. The molecule has 4 amide bonds. The van der Waals surface area contributed by atoms with Gasteiger partial charge in [-0.1, -0.05) is 30.3 Å². The molecule has 1 aromatic carbocycles. The van der Waals surface area contributed by atoms with Gasteiger partial charge in [-0.05, 0) is 60.6 Å². The number of allylic oxidation sites excluding steroid dienone is 1. The molecule has 1 saturated heterocycles. The molecule has 27 heteroatoms. The molecule has 444 valence electrons. The van der Waals surface area contributed by atoms with Crippen LogP contribution in [0.3, 0.4) is 0 Å². The number of aryl methyl sites for hydroxylation is 1. The van der Waals surface area contributed by atoms with Crippen molar-refractivity contribution in [3.05, 3.63) is 59.3 Å². The Hall–Kier alpha value is -5.58. The lowest BCUT2D eigenvalue weighted by atomic mass is 9.83. The Morgan fingerprint density at radius 1 is 0.738 bits per heavy atom. The number of unbranched alkanes of at least 4 members (excludes halogenated alkanes) is 2. The van der Waals surface area contributed by atoms with Gasteiger partial charge < -0.3 is 56.0 Å². The van der Waals surface area contributed by atoms with Gasteiger partial charge in [0.2, 0.25) is 11.8 Å². The van der Waals surface area contributed by atoms with Gasteiger partial charge in [-0.25, -0.2) is 21.6 Å². The molecule has 0 spiro atoms. The quantitative estimate of drug-likeness (QED) is 0.0291. The topological polar surface area (TPSA) is 283 Å². The maximum Gasteiger partial charge on any atom is 0.732 e. The first kappa shape index (κ1) is 65.2. The van der Waals surface area contributed by atoms with E-state index in [0.717, 1.165) is 44.5 Å². The molecule has 3 aliphatic rings. The lowest BCUT2D eigenvalue weighted by molar-refractivity contribution is -0.880. The molecule has 22 nitrogen and oxygen atoms in total.